The van der Waals surface area contributed by atoms with Crippen LogP contribution in [0.2, 0.25) is 0 Å². The zero-order chi connectivity index (χ0) is 41.3. The van der Waals surface area contributed by atoms with E-state index in [1.807, 2.05) is 21.1 Å². The van der Waals surface area contributed by atoms with Gasteiger partial charge in [0.15, 0.2) is 0 Å². The van der Waals surface area contributed by atoms with Crippen molar-refractivity contribution >= 4 is 13.8 Å². The van der Waals surface area contributed by atoms with Crippen LogP contribution in [0.25, 0.3) is 0 Å². The van der Waals surface area contributed by atoms with Crippen LogP contribution < -0.4 is 4.89 Å². The van der Waals surface area contributed by atoms with Crippen molar-refractivity contribution in [3.8, 4) is 0 Å². The minimum Gasteiger partial charge on any atom is -0.756 e. The molecule has 0 saturated heterocycles. The summed E-state index contributed by atoms with van der Waals surface area (Å²) in [4.78, 5) is 25.0. The molecule has 0 amide bonds. The van der Waals surface area contributed by atoms with Crippen LogP contribution in [0.3, 0.4) is 0 Å². The molecule has 9 heteroatoms. The van der Waals surface area contributed by atoms with E-state index >= 15 is 0 Å². The second kappa shape index (κ2) is 40.0. The number of ether oxygens (including phenoxy) is 2. The van der Waals surface area contributed by atoms with Crippen molar-refractivity contribution in [2.24, 2.45) is 0 Å². The van der Waals surface area contributed by atoms with E-state index < -0.39 is 13.9 Å². The number of unbranched alkanes of at least 4 members (excludes halogenated alkanes) is 17. The van der Waals surface area contributed by atoms with Gasteiger partial charge in [-0.3, -0.25) is 9.36 Å². The standard InChI is InChI=1S/C47H86NO7P/c1-6-8-10-12-14-16-18-20-21-22-23-24-25-26-27-28-29-31-33-35-37-39-42-52-44-46(45-54-56(50,51)53-43-41-48(3,4)5)55-47(49)40-38-36-34-32-30-19-17-15-13-11-9-7-2/h8,10,14,16,20-21,23-24,26-27,46H,6-7,9,11-13,15,17-19,22,25,28-45H2,1-5H3/b10-8-,16-14-,21-20-,24-23-,27-26-. The van der Waals surface area contributed by atoms with Crippen molar-refractivity contribution in [3.63, 3.8) is 0 Å². The number of hydrogen-bond acceptors (Lipinski definition) is 7. The second-order valence-corrected chi connectivity index (χ2v) is 17.4. The molecule has 2 atom stereocenters. The lowest BCUT2D eigenvalue weighted by Crippen LogP contribution is -2.37. The van der Waals surface area contributed by atoms with Crippen LogP contribution in [0.4, 0.5) is 0 Å². The van der Waals surface area contributed by atoms with Gasteiger partial charge in [0, 0.05) is 13.0 Å². The molecule has 8 nitrogen and oxygen atoms in total. The molecule has 0 saturated carbocycles. The van der Waals surface area contributed by atoms with Gasteiger partial charge in [-0.2, -0.15) is 0 Å². The van der Waals surface area contributed by atoms with Crippen molar-refractivity contribution in [2.75, 3.05) is 54.1 Å². The fraction of sp³-hybridized carbons (Fsp3) is 0.766. The summed E-state index contributed by atoms with van der Waals surface area (Å²) < 4.78 is 34.6. The Morgan fingerprint density at radius 3 is 1.55 bits per heavy atom. The molecule has 0 radical (unpaired) electrons. The fourth-order valence-corrected chi connectivity index (χ4v) is 6.59. The summed E-state index contributed by atoms with van der Waals surface area (Å²) >= 11 is 0. The molecular formula is C47H86NO7P. The molecule has 0 spiro atoms. The first-order chi connectivity index (χ1) is 27.1. The molecule has 0 aromatic rings. The highest BCUT2D eigenvalue weighted by Crippen LogP contribution is 2.38. The highest BCUT2D eigenvalue weighted by atomic mass is 31.2. The quantitative estimate of drug-likeness (QED) is 0.0200. The predicted molar refractivity (Wildman–Crippen MR) is 236 cm³/mol. The van der Waals surface area contributed by atoms with Crippen molar-refractivity contribution in [3.05, 3.63) is 60.8 Å². The maximum Gasteiger partial charge on any atom is 0.306 e. The van der Waals surface area contributed by atoms with Crippen molar-refractivity contribution < 1.29 is 37.3 Å². The number of phosphoric ester groups is 1. The van der Waals surface area contributed by atoms with Crippen molar-refractivity contribution in [1.82, 2.24) is 0 Å². The van der Waals surface area contributed by atoms with E-state index in [1.165, 1.54) is 77.0 Å². The van der Waals surface area contributed by atoms with E-state index in [4.69, 9.17) is 18.5 Å². The van der Waals surface area contributed by atoms with Crippen LogP contribution >= 0.6 is 7.82 Å². The average molecular weight is 808 g/mol. The number of nitrogens with zero attached hydrogens (tertiary/aromatic N) is 1. The number of likely N-dealkylation sites (N-methyl/N-ethyl adjacent to an activating group) is 1. The third kappa shape index (κ3) is 43.3. The van der Waals surface area contributed by atoms with Crippen LogP contribution in [0, 0.1) is 0 Å². The first-order valence-electron chi connectivity index (χ1n) is 22.5. The monoisotopic (exact) mass is 808 g/mol. The number of quaternary nitrogens is 1. The van der Waals surface area contributed by atoms with E-state index in [9.17, 15) is 14.3 Å². The number of phosphoric acid groups is 1. The zero-order valence-electron chi connectivity index (χ0n) is 36.8. The summed E-state index contributed by atoms with van der Waals surface area (Å²) in [6.45, 7) is 5.25. The maximum atomic E-state index is 12.7. The number of allylic oxidation sites excluding steroid dienone is 10. The molecule has 0 aliphatic heterocycles. The molecule has 0 heterocycles. The van der Waals surface area contributed by atoms with Gasteiger partial charge < -0.3 is 27.9 Å². The van der Waals surface area contributed by atoms with Crippen molar-refractivity contribution in [1.29, 1.82) is 0 Å². The minimum atomic E-state index is -4.53. The fourth-order valence-electron chi connectivity index (χ4n) is 5.87. The van der Waals surface area contributed by atoms with Gasteiger partial charge in [-0.25, -0.2) is 0 Å². The minimum absolute atomic E-state index is 0.0214. The molecule has 2 unspecified atom stereocenters. The highest BCUT2D eigenvalue weighted by Gasteiger charge is 2.20. The normalized spacial score (nSPS) is 14.3. The summed E-state index contributed by atoms with van der Waals surface area (Å²) in [7, 11) is 1.34. The van der Waals surface area contributed by atoms with Gasteiger partial charge in [0.2, 0.25) is 0 Å². The number of hydrogen-bond donors (Lipinski definition) is 0. The molecule has 0 aliphatic carbocycles. The highest BCUT2D eigenvalue weighted by molar-refractivity contribution is 7.45. The lowest BCUT2D eigenvalue weighted by molar-refractivity contribution is -0.870. The van der Waals surface area contributed by atoms with Crippen LogP contribution in [0.1, 0.15) is 174 Å². The van der Waals surface area contributed by atoms with Gasteiger partial charge in [0.05, 0.1) is 34.4 Å². The molecular weight excluding hydrogens is 721 g/mol. The zero-order valence-corrected chi connectivity index (χ0v) is 37.7. The Bertz CT molecular complexity index is 1080. The Morgan fingerprint density at radius 1 is 0.571 bits per heavy atom. The van der Waals surface area contributed by atoms with E-state index in [2.05, 4.69) is 74.6 Å². The maximum absolute atomic E-state index is 12.7. The van der Waals surface area contributed by atoms with E-state index in [-0.39, 0.29) is 25.8 Å². The van der Waals surface area contributed by atoms with E-state index in [1.54, 1.807) is 0 Å². The SMILES string of the molecule is CC/C=C\C/C=C\C/C=C\C/C=C\C/C=C\CCCCCCCCOCC(COP(=O)([O-])OCC[N+](C)(C)C)OC(=O)CCCCCCCCCCCCCC. The van der Waals surface area contributed by atoms with Gasteiger partial charge in [-0.05, 0) is 57.8 Å². The molecule has 0 aromatic carbocycles. The molecule has 0 N–H and O–H groups in total. The third-order valence-corrected chi connectivity index (χ3v) is 10.3. The summed E-state index contributed by atoms with van der Waals surface area (Å²) in [5.41, 5.74) is 0. The lowest BCUT2D eigenvalue weighted by atomic mass is 10.0. The number of carbonyl (C=O) groups is 1. The van der Waals surface area contributed by atoms with Crippen LogP contribution in [0.15, 0.2) is 60.8 Å². The Labute approximate surface area is 345 Å². The van der Waals surface area contributed by atoms with Gasteiger partial charge in [0.25, 0.3) is 7.82 Å². The second-order valence-electron chi connectivity index (χ2n) is 16.0. The Morgan fingerprint density at radius 2 is 1.04 bits per heavy atom. The topological polar surface area (TPSA) is 94.1 Å². The molecule has 326 valence electrons. The number of carbonyl (C=O) groups excluding carboxylic acids is 1. The molecule has 0 aliphatic rings. The van der Waals surface area contributed by atoms with Gasteiger partial charge in [-0.15, -0.1) is 0 Å². The largest absolute Gasteiger partial charge is 0.756 e. The predicted octanol–water partition coefficient (Wildman–Crippen LogP) is 12.7. The molecule has 0 bridgehead atoms. The van der Waals surface area contributed by atoms with Gasteiger partial charge in [0.1, 0.15) is 19.3 Å². The molecule has 56 heavy (non-hydrogen) atoms. The number of esters is 1. The Balaban J connectivity index is 4.22. The first kappa shape index (κ1) is 54.2. The molecule has 0 aromatic heterocycles. The summed E-state index contributed by atoms with van der Waals surface area (Å²) in [6, 6.07) is 0. The van der Waals surface area contributed by atoms with Crippen molar-refractivity contribution in [2.45, 2.75) is 180 Å². The Kier molecular flexibility index (Phi) is 38.7. The molecule has 0 fully saturated rings. The summed E-state index contributed by atoms with van der Waals surface area (Å²) in [5, 5.41) is 0. The van der Waals surface area contributed by atoms with Crippen LogP contribution in [0.5, 0.6) is 0 Å². The number of rotatable bonds is 41. The Hall–Kier alpha value is -1.80. The van der Waals surface area contributed by atoms with E-state index in [0.29, 0.717) is 24.1 Å². The third-order valence-electron chi connectivity index (χ3n) is 9.33. The van der Waals surface area contributed by atoms with Crippen LogP contribution in [-0.4, -0.2) is 70.7 Å². The average Bonchev–Trinajstić information content (AvgIpc) is 3.15. The lowest BCUT2D eigenvalue weighted by Gasteiger charge is -2.28. The smallest absolute Gasteiger partial charge is 0.306 e. The van der Waals surface area contributed by atoms with Gasteiger partial charge in [-0.1, -0.05) is 171 Å². The first-order valence-corrected chi connectivity index (χ1v) is 24.0. The van der Waals surface area contributed by atoms with E-state index in [0.717, 1.165) is 77.0 Å². The van der Waals surface area contributed by atoms with Crippen LogP contribution in [-0.2, 0) is 27.9 Å². The molecule has 0 rings (SSSR count). The van der Waals surface area contributed by atoms with Gasteiger partial charge >= 0.3 is 5.97 Å². The summed E-state index contributed by atoms with van der Waals surface area (Å²) in [5.74, 6) is -0.342. The summed E-state index contributed by atoms with van der Waals surface area (Å²) in [6.07, 6.45) is 49.5.